The number of hydrogen-bond acceptors (Lipinski definition) is 5. The van der Waals surface area contributed by atoms with Gasteiger partial charge in [0.15, 0.2) is 0 Å². The molecule has 1 atom stereocenters. The molecule has 1 aromatic rings. The fourth-order valence-electron chi connectivity index (χ4n) is 3.05. The highest BCUT2D eigenvalue weighted by molar-refractivity contribution is 9.10. The Hall–Kier alpha value is -1.01. The zero-order valence-electron chi connectivity index (χ0n) is 17.8. The van der Waals surface area contributed by atoms with Gasteiger partial charge in [-0.05, 0) is 43.9 Å². The van der Waals surface area contributed by atoms with Crippen LogP contribution in [0.25, 0.3) is 0 Å². The summed E-state index contributed by atoms with van der Waals surface area (Å²) in [6.07, 6.45) is 1.22. The van der Waals surface area contributed by atoms with Gasteiger partial charge in [-0.25, -0.2) is 0 Å². The minimum Gasteiger partial charge on any atom is -0.355 e. The van der Waals surface area contributed by atoms with E-state index < -0.39 is 13.5 Å². The molecule has 0 aliphatic rings. The fourth-order valence-corrected chi connectivity index (χ4v) is 4.82. The van der Waals surface area contributed by atoms with Crippen LogP contribution >= 0.6 is 23.5 Å². The molecule has 0 unspecified atom stereocenters. The molecule has 164 valence electrons. The number of hydrogen-bond donors (Lipinski definition) is 1. The van der Waals surface area contributed by atoms with Crippen LogP contribution in [0.1, 0.15) is 46.1 Å². The van der Waals surface area contributed by atoms with Crippen molar-refractivity contribution in [3.8, 4) is 0 Å². The Labute approximate surface area is 182 Å². The predicted molar refractivity (Wildman–Crippen MR) is 119 cm³/mol. The van der Waals surface area contributed by atoms with E-state index in [0.29, 0.717) is 12.8 Å². The summed E-state index contributed by atoms with van der Waals surface area (Å²) in [6.45, 7) is 8.30. The molecule has 0 fully saturated rings. The van der Waals surface area contributed by atoms with Crippen LogP contribution in [0, 0.1) is 11.8 Å². The van der Waals surface area contributed by atoms with Gasteiger partial charge < -0.3 is 14.4 Å². The maximum Gasteiger partial charge on any atom is 0.332 e. The molecule has 29 heavy (non-hydrogen) atoms. The second-order valence-corrected chi connectivity index (χ2v) is 10.4. The van der Waals surface area contributed by atoms with Crippen LogP contribution in [0.4, 0.5) is 0 Å². The number of Topliss-reactive ketones (excluding diaryl/α,β-unsaturated/α-hetero) is 1. The normalized spacial score (nSPS) is 12.8. The number of ketones is 1. The minimum absolute atomic E-state index is 0.0300. The molecule has 0 aliphatic heterocycles. The van der Waals surface area contributed by atoms with Crippen LogP contribution in [-0.4, -0.2) is 37.6 Å². The highest BCUT2D eigenvalue weighted by Gasteiger charge is 2.26. The Kier molecular flexibility index (Phi) is 12.0. The van der Waals surface area contributed by atoms with Gasteiger partial charge in [-0.2, -0.15) is 0 Å². The summed E-state index contributed by atoms with van der Waals surface area (Å²) >= 11 is 3.38. The molecule has 0 saturated carbocycles. The molecule has 1 rings (SSSR count). The van der Waals surface area contributed by atoms with E-state index in [1.54, 1.807) is 13.8 Å². The first-order valence-corrected chi connectivity index (χ1v) is 12.6. The SMILES string of the molecule is CCOP(=O)(CCNC(=O)[C@@H](CC(=O)Cc1ccc(Br)cc1)CC(C)C)OCC. The van der Waals surface area contributed by atoms with Gasteiger partial charge in [-0.3, -0.25) is 14.2 Å². The standard InChI is InChI=1S/C21H33BrNO5P/c1-5-27-29(26,28-6-2)12-11-23-21(25)18(13-16(3)4)15-20(24)14-17-7-9-19(22)10-8-17/h7-10,16,18H,5-6,11-15H2,1-4H3,(H,23,25)/t18-/m1/s1. The average Bonchev–Trinajstić information content (AvgIpc) is 2.63. The van der Waals surface area contributed by atoms with Crippen LogP contribution in [-0.2, 0) is 29.6 Å². The topological polar surface area (TPSA) is 81.7 Å². The van der Waals surface area contributed by atoms with E-state index in [4.69, 9.17) is 9.05 Å². The number of amides is 1. The van der Waals surface area contributed by atoms with Crippen molar-refractivity contribution in [2.45, 2.75) is 47.0 Å². The molecule has 0 radical (unpaired) electrons. The summed E-state index contributed by atoms with van der Waals surface area (Å²) < 4.78 is 23.9. The Morgan fingerprint density at radius 1 is 1.10 bits per heavy atom. The molecule has 0 aliphatic carbocycles. The Morgan fingerprint density at radius 3 is 2.21 bits per heavy atom. The van der Waals surface area contributed by atoms with E-state index >= 15 is 0 Å². The van der Waals surface area contributed by atoms with Gasteiger partial charge in [0.1, 0.15) is 5.78 Å². The largest absolute Gasteiger partial charge is 0.355 e. The quantitative estimate of drug-likeness (QED) is 0.372. The van der Waals surface area contributed by atoms with Gasteiger partial charge in [0.05, 0.1) is 19.4 Å². The van der Waals surface area contributed by atoms with Gasteiger partial charge >= 0.3 is 7.60 Å². The third-order valence-corrected chi connectivity index (χ3v) is 6.85. The summed E-state index contributed by atoms with van der Waals surface area (Å²) in [5.74, 6) is -0.287. The first-order valence-electron chi connectivity index (χ1n) is 10.1. The second kappa shape index (κ2) is 13.3. The summed E-state index contributed by atoms with van der Waals surface area (Å²) in [5.41, 5.74) is 0.927. The lowest BCUT2D eigenvalue weighted by atomic mass is 9.90. The third kappa shape index (κ3) is 10.5. The molecule has 1 amide bonds. The van der Waals surface area contributed by atoms with Crippen LogP contribution in [0.2, 0.25) is 0 Å². The van der Waals surface area contributed by atoms with Crippen LogP contribution < -0.4 is 5.32 Å². The minimum atomic E-state index is -3.20. The number of carbonyl (C=O) groups excluding carboxylic acids is 2. The van der Waals surface area contributed by atoms with E-state index in [-0.39, 0.29) is 49.9 Å². The summed E-state index contributed by atoms with van der Waals surface area (Å²) in [4.78, 5) is 25.2. The number of benzene rings is 1. The molecule has 1 aromatic carbocycles. The van der Waals surface area contributed by atoms with Gasteiger partial charge in [0.25, 0.3) is 0 Å². The highest BCUT2D eigenvalue weighted by atomic mass is 79.9. The van der Waals surface area contributed by atoms with Crippen molar-refractivity contribution in [2.75, 3.05) is 25.9 Å². The summed E-state index contributed by atoms with van der Waals surface area (Å²) in [5, 5.41) is 2.81. The van der Waals surface area contributed by atoms with Gasteiger partial charge in [-0.15, -0.1) is 0 Å². The molecule has 0 saturated heterocycles. The molecule has 8 heteroatoms. The van der Waals surface area contributed by atoms with E-state index in [2.05, 4.69) is 21.2 Å². The zero-order chi connectivity index (χ0) is 21.9. The van der Waals surface area contributed by atoms with E-state index in [1.807, 2.05) is 38.1 Å². The third-order valence-electron chi connectivity index (χ3n) is 4.25. The molecule has 1 N–H and O–H groups in total. The fraction of sp³-hybridized carbons (Fsp3) is 0.619. The van der Waals surface area contributed by atoms with E-state index in [9.17, 15) is 14.2 Å². The van der Waals surface area contributed by atoms with Gasteiger partial charge in [0, 0.05) is 29.8 Å². The van der Waals surface area contributed by atoms with Crippen molar-refractivity contribution in [3.63, 3.8) is 0 Å². The Balaban J connectivity index is 2.63. The molecule has 0 spiro atoms. The maximum absolute atomic E-state index is 12.7. The molecular formula is C21H33BrNO5P. The first kappa shape index (κ1) is 26.0. The van der Waals surface area contributed by atoms with E-state index in [1.165, 1.54) is 0 Å². The lowest BCUT2D eigenvalue weighted by Crippen LogP contribution is -2.35. The number of rotatable bonds is 14. The molecule has 0 heterocycles. The maximum atomic E-state index is 12.7. The monoisotopic (exact) mass is 489 g/mol. The molecular weight excluding hydrogens is 457 g/mol. The smallest absolute Gasteiger partial charge is 0.332 e. The van der Waals surface area contributed by atoms with Crippen molar-refractivity contribution in [1.29, 1.82) is 0 Å². The van der Waals surface area contributed by atoms with Crippen molar-refractivity contribution in [2.24, 2.45) is 11.8 Å². The summed E-state index contributed by atoms with van der Waals surface area (Å²) in [7, 11) is -3.20. The predicted octanol–water partition coefficient (Wildman–Crippen LogP) is 5.00. The van der Waals surface area contributed by atoms with Crippen molar-refractivity contribution in [1.82, 2.24) is 5.32 Å². The second-order valence-electron chi connectivity index (χ2n) is 7.33. The zero-order valence-corrected chi connectivity index (χ0v) is 20.3. The van der Waals surface area contributed by atoms with Crippen LogP contribution in [0.5, 0.6) is 0 Å². The van der Waals surface area contributed by atoms with Crippen molar-refractivity contribution >= 4 is 35.2 Å². The van der Waals surface area contributed by atoms with Gasteiger partial charge in [0.2, 0.25) is 5.91 Å². The molecule has 0 aromatic heterocycles. The lowest BCUT2D eigenvalue weighted by Gasteiger charge is -2.20. The Morgan fingerprint density at radius 2 is 1.69 bits per heavy atom. The molecule has 0 bridgehead atoms. The number of carbonyl (C=O) groups is 2. The lowest BCUT2D eigenvalue weighted by molar-refractivity contribution is -0.129. The first-order chi connectivity index (χ1) is 13.7. The highest BCUT2D eigenvalue weighted by Crippen LogP contribution is 2.47. The van der Waals surface area contributed by atoms with Crippen LogP contribution in [0.3, 0.4) is 0 Å². The Bertz CT molecular complexity index is 683. The summed E-state index contributed by atoms with van der Waals surface area (Å²) in [6, 6.07) is 7.60. The van der Waals surface area contributed by atoms with E-state index in [0.717, 1.165) is 10.0 Å². The average molecular weight is 490 g/mol. The van der Waals surface area contributed by atoms with Gasteiger partial charge in [-0.1, -0.05) is 41.9 Å². The molecule has 6 nitrogen and oxygen atoms in total. The number of halogens is 1. The van der Waals surface area contributed by atoms with Crippen LogP contribution in [0.15, 0.2) is 28.7 Å². The van der Waals surface area contributed by atoms with Crippen molar-refractivity contribution in [3.05, 3.63) is 34.3 Å². The van der Waals surface area contributed by atoms with Crippen molar-refractivity contribution < 1.29 is 23.2 Å². The number of nitrogens with one attached hydrogen (secondary N) is 1.